The summed E-state index contributed by atoms with van der Waals surface area (Å²) in [5, 5.41) is 11.0. The second-order valence-electron chi connectivity index (χ2n) is 4.74. The van der Waals surface area contributed by atoms with Crippen LogP contribution in [0.25, 0.3) is 0 Å². The Morgan fingerprint density at radius 1 is 0.792 bits per heavy atom. The molecule has 0 saturated carbocycles. The normalized spacial score (nSPS) is 16.6. The standard InChI is InChI=1S/C16H16O.3CO.Cr/c17-16(14-9-2-1-3-10-14)12-6-8-13-7-4-5-11-15(13)16;3*1-2;/h1-5,7,9-11,17H,6,8,12H2;;;;/t16-;;;;/m0..../s1. The number of rotatable bonds is 1. The van der Waals surface area contributed by atoms with Crippen LogP contribution < -0.4 is 0 Å². The first-order valence-corrected chi connectivity index (χ1v) is 6.78. The number of aliphatic hydroxyl groups is 1. The van der Waals surface area contributed by atoms with E-state index < -0.39 is 5.60 Å². The maximum absolute atomic E-state index is 11.0. The van der Waals surface area contributed by atoms with E-state index in [0.29, 0.717) is 0 Å². The summed E-state index contributed by atoms with van der Waals surface area (Å²) in [5.74, 6) is 0. The minimum Gasteiger partial charge on any atom is 0 e. The van der Waals surface area contributed by atoms with Crippen molar-refractivity contribution in [1.82, 2.24) is 0 Å². The maximum atomic E-state index is 11.0. The first kappa shape index (κ1) is 24.4. The summed E-state index contributed by atoms with van der Waals surface area (Å²) in [7, 11) is 0. The topological polar surface area (TPSA) is 79.9 Å². The van der Waals surface area contributed by atoms with E-state index in [2.05, 4.69) is 38.2 Å². The Kier molecular flexibility index (Phi) is 13.8. The molecule has 0 radical (unpaired) electrons. The van der Waals surface area contributed by atoms with Crippen LogP contribution in [0.1, 0.15) is 29.5 Å². The Labute approximate surface area is 152 Å². The van der Waals surface area contributed by atoms with Crippen LogP contribution in [0, 0.1) is 20.0 Å². The van der Waals surface area contributed by atoms with Crippen molar-refractivity contribution in [3.05, 3.63) is 91.2 Å². The van der Waals surface area contributed by atoms with Gasteiger partial charge in [-0.1, -0.05) is 54.6 Å². The molecule has 1 aliphatic carbocycles. The van der Waals surface area contributed by atoms with Gasteiger partial charge in [0, 0.05) is 17.4 Å². The monoisotopic (exact) mass is 360 g/mol. The molecule has 1 N–H and O–H groups in total. The molecule has 2 aromatic rings. The van der Waals surface area contributed by atoms with E-state index in [0.717, 1.165) is 30.4 Å². The van der Waals surface area contributed by atoms with Gasteiger partial charge in [0.15, 0.2) is 0 Å². The van der Waals surface area contributed by atoms with Gasteiger partial charge in [0.2, 0.25) is 0 Å². The summed E-state index contributed by atoms with van der Waals surface area (Å²) in [6.07, 6.45) is 2.93. The first-order valence-electron chi connectivity index (χ1n) is 6.78. The Balaban J connectivity index is 0. The molecule has 2 aromatic carbocycles. The molecule has 4 nitrogen and oxygen atoms in total. The SMILES string of the molecule is O[C@]1(c2ccccc2)CCCc2ccccc21.[C-]#[O+].[C-]#[O+].[C-]#[O+].[Cr]. The zero-order valence-corrected chi connectivity index (χ0v) is 14.2. The van der Waals surface area contributed by atoms with Crippen LogP contribution >= 0.6 is 0 Å². The van der Waals surface area contributed by atoms with Gasteiger partial charge < -0.3 is 5.11 Å². The molecule has 0 amide bonds. The molecule has 122 valence electrons. The van der Waals surface area contributed by atoms with Gasteiger partial charge in [0.1, 0.15) is 5.60 Å². The summed E-state index contributed by atoms with van der Waals surface area (Å²) in [6.45, 7) is 13.5. The van der Waals surface area contributed by atoms with E-state index in [1.807, 2.05) is 36.4 Å². The third-order valence-electron chi connectivity index (χ3n) is 3.70. The van der Waals surface area contributed by atoms with Crippen LogP contribution in [0.3, 0.4) is 0 Å². The fraction of sp³-hybridized carbons (Fsp3) is 0.211. The molecule has 5 heteroatoms. The van der Waals surface area contributed by atoms with Gasteiger partial charge in [-0.05, 0) is 36.0 Å². The van der Waals surface area contributed by atoms with Gasteiger partial charge in [0.25, 0.3) is 0 Å². The quantitative estimate of drug-likeness (QED) is 0.615. The Morgan fingerprint density at radius 2 is 1.29 bits per heavy atom. The van der Waals surface area contributed by atoms with Gasteiger partial charge in [-0.15, -0.1) is 0 Å². The molecule has 0 heterocycles. The zero-order valence-electron chi connectivity index (χ0n) is 12.9. The summed E-state index contributed by atoms with van der Waals surface area (Å²) in [5.41, 5.74) is 2.57. The summed E-state index contributed by atoms with van der Waals surface area (Å²) in [4.78, 5) is 0. The molecule has 0 saturated heterocycles. The molecule has 0 bridgehead atoms. The largest absolute Gasteiger partial charge is 0 e. The summed E-state index contributed by atoms with van der Waals surface area (Å²) < 4.78 is 22.5. The molecule has 3 rings (SSSR count). The fourth-order valence-corrected chi connectivity index (χ4v) is 2.82. The van der Waals surface area contributed by atoms with Crippen molar-refractivity contribution in [3.8, 4) is 0 Å². The number of hydrogen-bond donors (Lipinski definition) is 1. The minimum atomic E-state index is -0.796. The van der Waals surface area contributed by atoms with E-state index in [-0.39, 0.29) is 17.4 Å². The van der Waals surface area contributed by atoms with Crippen LogP contribution in [0.15, 0.2) is 54.6 Å². The molecule has 0 aliphatic heterocycles. The zero-order chi connectivity index (χ0) is 17.7. The van der Waals surface area contributed by atoms with E-state index in [1.165, 1.54) is 5.56 Å². The van der Waals surface area contributed by atoms with Crippen molar-refractivity contribution in [2.45, 2.75) is 24.9 Å². The van der Waals surface area contributed by atoms with E-state index in [4.69, 9.17) is 14.0 Å². The van der Waals surface area contributed by atoms with Crippen LogP contribution in [0.2, 0.25) is 0 Å². The fourth-order valence-electron chi connectivity index (χ4n) is 2.82. The molecule has 1 aliphatic rings. The number of hydrogen-bond acceptors (Lipinski definition) is 1. The molecule has 1 atom stereocenters. The van der Waals surface area contributed by atoms with Crippen molar-refractivity contribution in [3.63, 3.8) is 0 Å². The molecular weight excluding hydrogens is 344 g/mol. The molecular formula is C19H16CrO4. The van der Waals surface area contributed by atoms with Gasteiger partial charge in [0.05, 0.1) is 0 Å². The average Bonchev–Trinajstić information content (AvgIpc) is 2.68. The van der Waals surface area contributed by atoms with Crippen molar-refractivity contribution in [2.24, 2.45) is 0 Å². The molecule has 0 spiro atoms. The third-order valence-corrected chi connectivity index (χ3v) is 3.70. The van der Waals surface area contributed by atoms with Crippen molar-refractivity contribution in [1.29, 1.82) is 0 Å². The van der Waals surface area contributed by atoms with Gasteiger partial charge in [-0.3, -0.25) is 0 Å². The predicted molar refractivity (Wildman–Crippen MR) is 80.6 cm³/mol. The van der Waals surface area contributed by atoms with Crippen molar-refractivity contribution in [2.75, 3.05) is 0 Å². The molecule has 24 heavy (non-hydrogen) atoms. The van der Waals surface area contributed by atoms with Gasteiger partial charge in [-0.2, -0.15) is 0 Å². The minimum absolute atomic E-state index is 0. The van der Waals surface area contributed by atoms with Crippen LogP contribution in [-0.2, 0) is 43.3 Å². The van der Waals surface area contributed by atoms with Crippen LogP contribution in [0.5, 0.6) is 0 Å². The second-order valence-corrected chi connectivity index (χ2v) is 4.74. The van der Waals surface area contributed by atoms with Crippen LogP contribution in [-0.4, -0.2) is 5.11 Å². The molecule has 0 unspecified atom stereocenters. The molecule has 0 fully saturated rings. The molecule has 0 aromatic heterocycles. The van der Waals surface area contributed by atoms with E-state index in [9.17, 15) is 5.11 Å². The smallest absolute Gasteiger partial charge is 0 e. The van der Waals surface area contributed by atoms with Crippen LogP contribution in [0.4, 0.5) is 0 Å². The Bertz CT molecular complexity index is 635. The van der Waals surface area contributed by atoms with Crippen molar-refractivity contribution >= 4 is 0 Å². The summed E-state index contributed by atoms with van der Waals surface area (Å²) >= 11 is 0. The Hall–Kier alpha value is -1.85. The van der Waals surface area contributed by atoms with E-state index in [1.54, 1.807) is 0 Å². The number of benzene rings is 2. The second kappa shape index (κ2) is 13.6. The van der Waals surface area contributed by atoms with E-state index >= 15 is 0 Å². The number of aryl methyl sites for hydroxylation is 1. The number of fused-ring (bicyclic) bond motifs is 1. The maximum Gasteiger partial charge on any atom is 0 e. The van der Waals surface area contributed by atoms with Gasteiger partial charge in [-0.25, -0.2) is 0 Å². The Morgan fingerprint density at radius 3 is 1.88 bits per heavy atom. The average molecular weight is 360 g/mol. The third kappa shape index (κ3) is 5.66. The van der Waals surface area contributed by atoms with Crippen molar-refractivity contribution < 1.29 is 36.4 Å². The first-order chi connectivity index (χ1) is 11.3. The van der Waals surface area contributed by atoms with Gasteiger partial charge >= 0.3 is 33.9 Å². The summed E-state index contributed by atoms with van der Waals surface area (Å²) in [6, 6.07) is 18.2. The predicted octanol–water partition coefficient (Wildman–Crippen LogP) is 3.14.